The Morgan fingerprint density at radius 2 is 1.92 bits per heavy atom. The minimum absolute atomic E-state index is 0.125. The lowest BCUT2D eigenvalue weighted by molar-refractivity contribution is -0.121. The molecule has 4 aromatic rings. The molecule has 1 fully saturated rings. The number of hydrogen-bond acceptors (Lipinski definition) is 7. The van der Waals surface area contributed by atoms with E-state index in [1.165, 1.54) is 23.1 Å². The van der Waals surface area contributed by atoms with E-state index in [-0.39, 0.29) is 5.91 Å². The normalized spacial score (nSPS) is 15.7. The zero-order valence-corrected chi connectivity index (χ0v) is 21.4. The summed E-state index contributed by atoms with van der Waals surface area (Å²) in [5, 5.41) is 8.00. The number of hydrogen-bond donors (Lipinski definition) is 0. The molecule has 1 amide bonds. The summed E-state index contributed by atoms with van der Waals surface area (Å²) in [7, 11) is 1.64. The fourth-order valence-corrected chi connectivity index (χ4v) is 5.38. The van der Waals surface area contributed by atoms with Gasteiger partial charge in [-0.3, -0.25) is 9.69 Å². The molecule has 0 saturated carbocycles. The van der Waals surface area contributed by atoms with E-state index in [0.717, 1.165) is 34.0 Å². The lowest BCUT2D eigenvalue weighted by Gasteiger charge is -2.11. The summed E-state index contributed by atoms with van der Waals surface area (Å²) in [4.78, 5) is 24.6. The van der Waals surface area contributed by atoms with Gasteiger partial charge in [0.15, 0.2) is 5.17 Å². The number of nitrogens with zero attached hydrogens (tertiary/aromatic N) is 5. The van der Waals surface area contributed by atoms with Crippen LogP contribution in [0.3, 0.4) is 0 Å². The summed E-state index contributed by atoms with van der Waals surface area (Å²) in [6, 6.07) is 17.6. The Hall–Kier alpha value is -3.95. The van der Waals surface area contributed by atoms with Crippen molar-refractivity contribution in [3.05, 3.63) is 95.0 Å². The number of amides is 1. The summed E-state index contributed by atoms with van der Waals surface area (Å²) in [6.07, 6.45) is 5.51. The van der Waals surface area contributed by atoms with E-state index < -0.39 is 0 Å². The van der Waals surface area contributed by atoms with E-state index in [1.807, 2.05) is 83.9 Å². The van der Waals surface area contributed by atoms with E-state index in [2.05, 4.69) is 16.6 Å². The number of rotatable bonds is 7. The monoisotopic (exact) mass is 513 g/mol. The second-order valence-corrected chi connectivity index (χ2v) is 9.77. The van der Waals surface area contributed by atoms with Crippen molar-refractivity contribution in [1.82, 2.24) is 19.7 Å². The molecule has 1 saturated heterocycles. The van der Waals surface area contributed by atoms with Gasteiger partial charge in [-0.2, -0.15) is 10.1 Å². The largest absolute Gasteiger partial charge is 0.497 e. The molecule has 0 atom stereocenters. The van der Waals surface area contributed by atoms with E-state index in [4.69, 9.17) is 9.84 Å². The minimum atomic E-state index is -0.125. The Morgan fingerprint density at radius 3 is 2.58 bits per heavy atom. The number of carbonyl (C=O) groups excluding carboxylic acids is 1. The molecule has 2 aromatic carbocycles. The number of thioether (sulfide) groups is 1. The van der Waals surface area contributed by atoms with Crippen LogP contribution in [0.15, 0.2) is 88.7 Å². The van der Waals surface area contributed by atoms with Crippen LogP contribution in [0.4, 0.5) is 5.13 Å². The van der Waals surface area contributed by atoms with Gasteiger partial charge >= 0.3 is 0 Å². The third-order valence-electron chi connectivity index (χ3n) is 5.41. The average Bonchev–Trinajstić information content (AvgIpc) is 3.59. The van der Waals surface area contributed by atoms with Gasteiger partial charge in [-0.05, 0) is 61.2 Å². The van der Waals surface area contributed by atoms with Crippen molar-refractivity contribution >= 4 is 45.4 Å². The highest BCUT2D eigenvalue weighted by atomic mass is 32.2. The number of ether oxygens (including phenoxy) is 1. The fourth-order valence-electron chi connectivity index (χ4n) is 3.68. The molecule has 0 radical (unpaired) electrons. The van der Waals surface area contributed by atoms with Crippen LogP contribution in [0.5, 0.6) is 5.75 Å². The van der Waals surface area contributed by atoms with Gasteiger partial charge in [-0.1, -0.05) is 24.3 Å². The van der Waals surface area contributed by atoms with Crippen LogP contribution in [-0.2, 0) is 4.79 Å². The maximum absolute atomic E-state index is 13.4. The number of methoxy groups -OCH3 is 1. The Morgan fingerprint density at radius 1 is 1.14 bits per heavy atom. The third-order valence-corrected chi connectivity index (χ3v) is 7.27. The van der Waals surface area contributed by atoms with Crippen molar-refractivity contribution in [2.75, 3.05) is 13.7 Å². The molecule has 1 aliphatic rings. The predicted molar refractivity (Wildman–Crippen MR) is 147 cm³/mol. The molecule has 36 heavy (non-hydrogen) atoms. The number of carbonyl (C=O) groups is 1. The van der Waals surface area contributed by atoms with Crippen molar-refractivity contribution < 1.29 is 9.53 Å². The summed E-state index contributed by atoms with van der Waals surface area (Å²) < 4.78 is 7.14. The van der Waals surface area contributed by atoms with Crippen LogP contribution in [0.1, 0.15) is 11.3 Å². The average molecular weight is 514 g/mol. The number of amidine groups is 1. The van der Waals surface area contributed by atoms with Crippen LogP contribution in [-0.4, -0.2) is 44.4 Å². The summed E-state index contributed by atoms with van der Waals surface area (Å²) >= 11 is 2.78. The molecule has 0 bridgehead atoms. The molecule has 180 valence electrons. The molecule has 0 aliphatic carbocycles. The lowest BCUT2D eigenvalue weighted by Crippen LogP contribution is -2.29. The Labute approximate surface area is 217 Å². The Kier molecular flexibility index (Phi) is 6.84. The standard InChI is InChI=1S/C27H23N5O2S2/c1-4-14-31-25(33)23(36-27(31)29-26-28-18(2)17-35-26)15-20-16-32(21-8-6-5-7-9-21)30-24(20)19-10-12-22(34-3)13-11-19/h4-13,15-17H,1,14H2,2-3H3/b23-15-,29-27+. The third kappa shape index (κ3) is 4.89. The van der Waals surface area contributed by atoms with Gasteiger partial charge in [0.1, 0.15) is 5.75 Å². The highest BCUT2D eigenvalue weighted by Crippen LogP contribution is 2.36. The van der Waals surface area contributed by atoms with Crippen LogP contribution < -0.4 is 4.74 Å². The first kappa shape index (κ1) is 23.8. The summed E-state index contributed by atoms with van der Waals surface area (Å²) in [5.74, 6) is 0.640. The van der Waals surface area contributed by atoms with Crippen LogP contribution in [0, 0.1) is 6.92 Å². The molecule has 0 unspecified atom stereocenters. The van der Waals surface area contributed by atoms with Crippen LogP contribution >= 0.6 is 23.1 Å². The van der Waals surface area contributed by atoms with Crippen LogP contribution in [0.2, 0.25) is 0 Å². The molecule has 1 aliphatic heterocycles. The first-order valence-electron chi connectivity index (χ1n) is 11.2. The van der Waals surface area contributed by atoms with Crippen LogP contribution in [0.25, 0.3) is 23.0 Å². The van der Waals surface area contributed by atoms with Gasteiger partial charge in [0.05, 0.1) is 29.1 Å². The Balaban J connectivity index is 1.58. The SMILES string of the molecule is C=CCN1C(=O)/C(=C/c2cn(-c3ccccc3)nc2-c2ccc(OC)cc2)S/C1=N/c1nc(C)cs1. The molecular weight excluding hydrogens is 490 g/mol. The number of aryl methyl sites for hydroxylation is 1. The molecule has 3 heterocycles. The topological polar surface area (TPSA) is 72.6 Å². The van der Waals surface area contributed by atoms with Gasteiger partial charge in [0, 0.05) is 29.2 Å². The smallest absolute Gasteiger partial charge is 0.267 e. The lowest BCUT2D eigenvalue weighted by atomic mass is 10.1. The second kappa shape index (κ2) is 10.3. The van der Waals surface area contributed by atoms with E-state index >= 15 is 0 Å². The number of aliphatic imine (C=N–C) groups is 1. The molecule has 9 heteroatoms. The van der Waals surface area contributed by atoms with Gasteiger partial charge in [0.25, 0.3) is 5.91 Å². The Bertz CT molecular complexity index is 1470. The molecule has 5 rings (SSSR count). The maximum Gasteiger partial charge on any atom is 0.267 e. The van der Waals surface area contributed by atoms with Crippen molar-refractivity contribution in [3.63, 3.8) is 0 Å². The van der Waals surface area contributed by atoms with Crippen molar-refractivity contribution in [2.45, 2.75) is 6.92 Å². The predicted octanol–water partition coefficient (Wildman–Crippen LogP) is 6.10. The first-order valence-corrected chi connectivity index (χ1v) is 12.9. The maximum atomic E-state index is 13.4. The molecular formula is C27H23N5O2S2. The number of benzene rings is 2. The van der Waals surface area contributed by atoms with Crippen molar-refractivity contribution in [2.24, 2.45) is 4.99 Å². The van der Waals surface area contributed by atoms with Gasteiger partial charge in [-0.15, -0.1) is 17.9 Å². The van der Waals surface area contributed by atoms with Crippen molar-refractivity contribution in [1.29, 1.82) is 0 Å². The summed E-state index contributed by atoms with van der Waals surface area (Å²) in [5.41, 5.74) is 4.33. The molecule has 7 nitrogen and oxygen atoms in total. The number of thiazole rings is 1. The van der Waals surface area contributed by atoms with Gasteiger partial charge < -0.3 is 4.74 Å². The van der Waals surface area contributed by atoms with Crippen molar-refractivity contribution in [3.8, 4) is 22.7 Å². The first-order chi connectivity index (χ1) is 17.6. The van der Waals surface area contributed by atoms with E-state index in [0.29, 0.717) is 21.7 Å². The quantitative estimate of drug-likeness (QED) is 0.220. The zero-order chi connectivity index (χ0) is 25.1. The van der Waals surface area contributed by atoms with Gasteiger partial charge in [-0.25, -0.2) is 9.67 Å². The number of para-hydroxylation sites is 1. The zero-order valence-electron chi connectivity index (χ0n) is 19.8. The molecule has 0 spiro atoms. The van der Waals surface area contributed by atoms with Gasteiger partial charge in [0.2, 0.25) is 5.13 Å². The summed E-state index contributed by atoms with van der Waals surface area (Å²) in [6.45, 7) is 6.09. The highest BCUT2D eigenvalue weighted by molar-refractivity contribution is 8.18. The number of aromatic nitrogens is 3. The second-order valence-electron chi connectivity index (χ2n) is 7.92. The van der Waals surface area contributed by atoms with E-state index in [1.54, 1.807) is 18.1 Å². The molecule has 2 aromatic heterocycles. The van der Waals surface area contributed by atoms with E-state index in [9.17, 15) is 4.79 Å². The molecule has 0 N–H and O–H groups in total. The minimum Gasteiger partial charge on any atom is -0.497 e. The fraction of sp³-hybridized carbons (Fsp3) is 0.111. The highest BCUT2D eigenvalue weighted by Gasteiger charge is 2.33.